The summed E-state index contributed by atoms with van der Waals surface area (Å²) in [6.07, 6.45) is 20.3. The van der Waals surface area contributed by atoms with Crippen molar-refractivity contribution in [3.8, 4) is 0 Å². The van der Waals surface area contributed by atoms with Crippen molar-refractivity contribution < 1.29 is 55.2 Å². The molecule has 0 bridgehead atoms. The first-order valence-corrected chi connectivity index (χ1v) is 35.9. The Balaban J connectivity index is 0.000000152. The molecule has 23 nitrogen and oxygen atoms in total. The third-order valence-corrected chi connectivity index (χ3v) is 28.3. The summed E-state index contributed by atoms with van der Waals surface area (Å²) < 4.78 is 9.11. The van der Waals surface area contributed by atoms with Crippen LogP contribution in [0.5, 0.6) is 0 Å². The molecular formula is C72H108N10O13. The van der Waals surface area contributed by atoms with Gasteiger partial charge < -0.3 is 66.2 Å². The van der Waals surface area contributed by atoms with E-state index in [4.69, 9.17) is 21.3 Å². The average Bonchev–Trinajstić information content (AvgIpc) is 1.57. The number of nitrogens with two attached hydrogens (primary N) is 2. The summed E-state index contributed by atoms with van der Waals surface area (Å²) in [7, 11) is 0. The van der Waals surface area contributed by atoms with Crippen LogP contribution in [0.1, 0.15) is 195 Å². The minimum absolute atomic E-state index is 0.00659. The molecule has 4 aromatic rings. The summed E-state index contributed by atoms with van der Waals surface area (Å²) in [6, 6.07) is -0.611. The van der Waals surface area contributed by atoms with Gasteiger partial charge in [-0.1, -0.05) is 54.7 Å². The molecule has 0 aromatic carbocycles. The van der Waals surface area contributed by atoms with Crippen molar-refractivity contribution in [2.75, 3.05) is 24.7 Å². The van der Waals surface area contributed by atoms with E-state index in [1.165, 1.54) is 44.8 Å². The molecule has 10 aliphatic rings. The Morgan fingerprint density at radius 3 is 1.43 bits per heavy atom. The molecule has 26 atom stereocenters. The molecule has 4 aromatic heterocycles. The van der Waals surface area contributed by atoms with E-state index in [-0.39, 0.29) is 113 Å². The number of aliphatic hydroxyl groups is 7. The van der Waals surface area contributed by atoms with Crippen LogP contribution in [-0.2, 0) is 14.3 Å². The SMILES string of the molecule is C=C1[C@H](CO)[C@@H](O)C[C@@H]1n1cnc2c(=O)[nH]c(N)nc21.C=C1[C@H](COC(=O)CC[C@@H](C)[C@H]2CC[C@H]3[C@@H]4[C@@H](O)C[C@@H]5C[C@H](O)CC[C@]5(C)[C@H]4CC[C@]23C)[C@@H](O)C[C@@H]1n1cnc2c(=O)[nH]c(N)nc21.C[C@H](CCC(=O)O)[C@H]1CC[C@H]2[C@@H]3[C@@H](O)C[C@@H]4C[C@H](O)CC[C@]4(C)[C@H]3CC[C@]12C. The lowest BCUT2D eigenvalue weighted by Crippen LogP contribution is -2.58. The molecule has 14 rings (SSSR count). The quantitative estimate of drug-likeness (QED) is 0.0449. The maximum absolute atomic E-state index is 13.0. The summed E-state index contributed by atoms with van der Waals surface area (Å²) in [4.78, 5) is 69.4. The number of aliphatic carboxylic acids is 1. The highest BCUT2D eigenvalue weighted by Gasteiger charge is 2.65. The van der Waals surface area contributed by atoms with Crippen LogP contribution in [0.2, 0.25) is 0 Å². The number of carbonyl (C=O) groups excluding carboxylic acids is 1. The van der Waals surface area contributed by atoms with E-state index in [2.05, 4.69) is 84.6 Å². The molecular weight excluding hydrogens is 1210 g/mol. The number of H-pyrrole nitrogens is 2. The predicted octanol–water partition coefficient (Wildman–Crippen LogP) is 7.78. The van der Waals surface area contributed by atoms with Crippen LogP contribution in [0.4, 0.5) is 11.9 Å². The first-order chi connectivity index (χ1) is 45.0. The van der Waals surface area contributed by atoms with Crippen molar-refractivity contribution in [3.63, 3.8) is 0 Å². The van der Waals surface area contributed by atoms with Crippen molar-refractivity contribution in [1.82, 2.24) is 39.0 Å². The minimum atomic E-state index is -0.757. The Hall–Kier alpha value is -5.56. The molecule has 10 fully saturated rings. The van der Waals surface area contributed by atoms with Crippen LogP contribution in [0.25, 0.3) is 22.3 Å². The Morgan fingerprint density at radius 2 is 1.00 bits per heavy atom. The van der Waals surface area contributed by atoms with Crippen molar-refractivity contribution in [2.45, 2.75) is 232 Å². The zero-order valence-corrected chi connectivity index (χ0v) is 56.7. The average molecular weight is 1320 g/mol. The van der Waals surface area contributed by atoms with Crippen LogP contribution < -0.4 is 22.6 Å². The highest BCUT2D eigenvalue weighted by atomic mass is 16.5. The number of aromatic amines is 2. The highest BCUT2D eigenvalue weighted by molar-refractivity contribution is 5.72. The zero-order valence-electron chi connectivity index (χ0n) is 56.7. The fraction of sp³-hybridized carbons (Fsp3) is 0.778. The number of esters is 1. The fourth-order valence-electron chi connectivity index (χ4n) is 23.2. The second kappa shape index (κ2) is 26.6. The number of nitrogen functional groups attached to an aromatic ring is 2. The summed E-state index contributed by atoms with van der Waals surface area (Å²) in [5, 5.41) is 82.6. The summed E-state index contributed by atoms with van der Waals surface area (Å²) in [5.74, 6) is 3.91. The lowest BCUT2D eigenvalue weighted by atomic mass is 9.43. The van der Waals surface area contributed by atoms with Gasteiger partial charge in [-0.25, -0.2) is 9.97 Å². The highest BCUT2D eigenvalue weighted by Crippen LogP contribution is 2.70. The van der Waals surface area contributed by atoms with Crippen molar-refractivity contribution in [1.29, 1.82) is 0 Å². The molecule has 4 heterocycles. The number of imidazole rings is 2. The lowest BCUT2D eigenvalue weighted by Gasteiger charge is -2.62. The monoisotopic (exact) mass is 1320 g/mol. The largest absolute Gasteiger partial charge is 0.481 e. The number of rotatable bonds is 13. The van der Waals surface area contributed by atoms with Crippen molar-refractivity contribution >= 4 is 46.2 Å². The van der Waals surface area contributed by atoms with E-state index in [9.17, 15) is 54.9 Å². The van der Waals surface area contributed by atoms with Crippen LogP contribution in [0, 0.1) is 105 Å². The molecule has 10 aliphatic carbocycles. The molecule has 10 saturated carbocycles. The van der Waals surface area contributed by atoms with Gasteiger partial charge in [-0.3, -0.25) is 29.1 Å². The summed E-state index contributed by atoms with van der Waals surface area (Å²) >= 11 is 0. The van der Waals surface area contributed by atoms with Gasteiger partial charge in [-0.05, 0) is 232 Å². The van der Waals surface area contributed by atoms with E-state index in [1.807, 2.05) is 0 Å². The first kappa shape index (κ1) is 69.3. The number of nitrogens with zero attached hydrogens (tertiary/aromatic N) is 6. The number of hydrogen-bond acceptors (Lipinski definition) is 18. The van der Waals surface area contributed by atoms with Gasteiger partial charge in [0, 0.05) is 24.7 Å². The number of hydrogen-bond donors (Lipinski definition) is 12. The number of aromatic nitrogens is 8. The normalized spacial score (nSPS) is 41.7. The van der Waals surface area contributed by atoms with Gasteiger partial charge >= 0.3 is 11.9 Å². The van der Waals surface area contributed by atoms with E-state index in [0.717, 1.165) is 83.5 Å². The molecule has 95 heavy (non-hydrogen) atoms. The summed E-state index contributed by atoms with van der Waals surface area (Å²) in [6.45, 7) is 22.4. The van der Waals surface area contributed by atoms with E-state index >= 15 is 0 Å². The fourth-order valence-corrected chi connectivity index (χ4v) is 23.2. The van der Waals surface area contributed by atoms with Gasteiger partial charge in [0.05, 0.1) is 68.0 Å². The second-order valence-corrected chi connectivity index (χ2v) is 32.7. The van der Waals surface area contributed by atoms with Gasteiger partial charge in [0.15, 0.2) is 22.3 Å². The molecule has 0 spiro atoms. The molecule has 0 saturated heterocycles. The molecule has 23 heteroatoms. The van der Waals surface area contributed by atoms with Gasteiger partial charge in [-0.15, -0.1) is 0 Å². The van der Waals surface area contributed by atoms with E-state index in [0.29, 0.717) is 113 Å². The Labute approximate surface area is 556 Å². The second-order valence-electron chi connectivity index (χ2n) is 32.7. The van der Waals surface area contributed by atoms with Gasteiger partial charge in [-0.2, -0.15) is 9.97 Å². The maximum atomic E-state index is 13.0. The molecule has 524 valence electrons. The van der Waals surface area contributed by atoms with Crippen LogP contribution in [0.3, 0.4) is 0 Å². The molecule has 0 aliphatic heterocycles. The standard InChI is InChI=1S/C36H53N5O6.C24H40O4.C12H15N5O3/c1-18(23-6-7-24-30-25(10-12-36(23,24)4)35(3)11-9-21(42)13-20(35)14-28(30)44)5-8-29(45)47-16-22-19(2)26(15-27(22)43)41-17-38-31-32(41)39-34(37)40-33(31)46;1-14(4-7-21(27)28)17-5-6-18-22-19(9-11-24(17,18)3)23(2)10-8-16(25)12-15(23)13-20(22)26;1-5-6(3-18)8(19)2-7(5)17-4-14-9-10(17)15-12(13)16-11(9)20/h17-18,20-28,30,42-44H,2,5-16H2,1,3-4H3,(H3,37,39,40,46);14-20,22,25-26H,4-13H2,1-3H3,(H,27,28);4,6-8,18-19H,1-3H2,(H3,13,15,16,20)/t18-,20+,21-,22+,23-,24+,25+,26+,27+,28+,30+,35+,36-;14-,15+,16-,17-,18+,19+,20+,22+,23+,24-;6-,7-,8-/m110/s1. The number of carboxylic acids is 1. The molecule has 0 unspecified atom stereocenters. The number of carbonyl (C=O) groups is 2. The van der Waals surface area contributed by atoms with Gasteiger partial charge in [0.1, 0.15) is 6.61 Å². The predicted molar refractivity (Wildman–Crippen MR) is 357 cm³/mol. The summed E-state index contributed by atoms with van der Waals surface area (Å²) in [5.41, 5.74) is 13.8. The Morgan fingerprint density at radius 1 is 0.589 bits per heavy atom. The molecule has 0 radical (unpaired) electrons. The van der Waals surface area contributed by atoms with Crippen LogP contribution in [-0.4, -0.2) is 142 Å². The Kier molecular flexibility index (Phi) is 19.4. The third-order valence-electron chi connectivity index (χ3n) is 28.3. The number of anilines is 2. The van der Waals surface area contributed by atoms with E-state index < -0.39 is 35.2 Å². The van der Waals surface area contributed by atoms with Gasteiger partial charge in [0.25, 0.3) is 11.1 Å². The number of aliphatic hydroxyl groups excluding tert-OH is 7. The smallest absolute Gasteiger partial charge is 0.305 e. The number of carboxylic acid groups (broad SMARTS) is 1. The lowest BCUT2D eigenvalue weighted by molar-refractivity contribution is -0.174. The van der Waals surface area contributed by atoms with Crippen molar-refractivity contribution in [2.24, 2.45) is 105 Å². The first-order valence-electron chi connectivity index (χ1n) is 35.9. The van der Waals surface area contributed by atoms with Crippen LogP contribution >= 0.6 is 0 Å². The molecule has 14 N–H and O–H groups in total. The number of nitrogens with one attached hydrogen (secondary N) is 2. The van der Waals surface area contributed by atoms with E-state index in [1.54, 1.807) is 9.13 Å². The topological polar surface area (TPSA) is 384 Å². The zero-order chi connectivity index (χ0) is 68.1. The number of ether oxygens (including phenoxy) is 1. The van der Waals surface area contributed by atoms with Gasteiger partial charge in [0.2, 0.25) is 11.9 Å². The minimum Gasteiger partial charge on any atom is -0.481 e. The maximum Gasteiger partial charge on any atom is 0.305 e. The van der Waals surface area contributed by atoms with Crippen molar-refractivity contribution in [3.05, 3.63) is 57.7 Å². The third kappa shape index (κ3) is 12.3. The van der Waals surface area contributed by atoms with Crippen LogP contribution in [0.15, 0.2) is 46.5 Å². The number of fused-ring (bicyclic) bond motifs is 12. The Bertz CT molecular complexity index is 3630. The molecule has 0 amide bonds.